The fourth-order valence-corrected chi connectivity index (χ4v) is 1.96. The summed E-state index contributed by atoms with van der Waals surface area (Å²) < 4.78 is 5.58. The highest BCUT2D eigenvalue weighted by atomic mass is 16.5. The molecular weight excluding hydrogens is 202 g/mol. The van der Waals surface area contributed by atoms with Gasteiger partial charge in [-0.1, -0.05) is 6.07 Å². The van der Waals surface area contributed by atoms with Crippen molar-refractivity contribution in [1.82, 2.24) is 9.88 Å². The monoisotopic (exact) mass is 221 g/mol. The molecule has 88 valence electrons. The lowest BCUT2D eigenvalue weighted by Crippen LogP contribution is -2.24. The van der Waals surface area contributed by atoms with Crippen LogP contribution in [0.2, 0.25) is 0 Å². The van der Waals surface area contributed by atoms with Crippen LogP contribution in [0.15, 0.2) is 18.2 Å². The molecule has 4 heteroatoms. The zero-order valence-electron chi connectivity index (χ0n) is 9.56. The molecule has 4 nitrogen and oxygen atoms in total. The van der Waals surface area contributed by atoms with E-state index in [9.17, 15) is 0 Å². The van der Waals surface area contributed by atoms with Gasteiger partial charge in [0, 0.05) is 6.54 Å². The largest absolute Gasteiger partial charge is 0.384 e. The number of aromatic nitrogens is 1. The first-order chi connectivity index (χ1) is 7.84. The Morgan fingerprint density at radius 2 is 2.12 bits per heavy atom. The maximum atomic E-state index is 5.59. The molecule has 2 heterocycles. The van der Waals surface area contributed by atoms with Crippen LogP contribution in [-0.4, -0.2) is 36.1 Å². The van der Waals surface area contributed by atoms with Crippen molar-refractivity contribution in [2.75, 3.05) is 32.0 Å². The molecule has 0 spiro atoms. The van der Waals surface area contributed by atoms with E-state index in [0.29, 0.717) is 12.4 Å². The quantitative estimate of drug-likeness (QED) is 0.761. The SMILES string of the molecule is Nc1cccc(COCCN2CCCC2)n1. The Bertz CT molecular complexity index is 324. The number of hydrogen-bond acceptors (Lipinski definition) is 4. The molecule has 0 unspecified atom stereocenters. The number of nitrogens with two attached hydrogens (primary N) is 1. The van der Waals surface area contributed by atoms with Gasteiger partial charge < -0.3 is 15.4 Å². The molecule has 0 radical (unpaired) electrons. The summed E-state index contributed by atoms with van der Waals surface area (Å²) >= 11 is 0. The van der Waals surface area contributed by atoms with Gasteiger partial charge in [-0.15, -0.1) is 0 Å². The van der Waals surface area contributed by atoms with E-state index in [1.165, 1.54) is 25.9 Å². The summed E-state index contributed by atoms with van der Waals surface area (Å²) in [5.74, 6) is 0.556. The number of anilines is 1. The third-order valence-corrected chi connectivity index (χ3v) is 2.83. The second kappa shape index (κ2) is 5.82. The number of hydrogen-bond donors (Lipinski definition) is 1. The van der Waals surface area contributed by atoms with Crippen molar-refractivity contribution in [3.63, 3.8) is 0 Å². The number of ether oxygens (including phenoxy) is 1. The molecule has 1 aromatic heterocycles. The average Bonchev–Trinajstić information content (AvgIpc) is 2.77. The van der Waals surface area contributed by atoms with E-state index in [1.54, 1.807) is 6.07 Å². The van der Waals surface area contributed by atoms with Crippen LogP contribution in [0.3, 0.4) is 0 Å². The second-order valence-electron chi connectivity index (χ2n) is 4.16. The summed E-state index contributed by atoms with van der Waals surface area (Å²) in [5.41, 5.74) is 6.49. The van der Waals surface area contributed by atoms with Gasteiger partial charge in [0.2, 0.25) is 0 Å². The van der Waals surface area contributed by atoms with E-state index < -0.39 is 0 Å². The molecule has 1 aliphatic rings. The van der Waals surface area contributed by atoms with E-state index in [0.717, 1.165) is 18.8 Å². The molecule has 1 saturated heterocycles. The molecule has 16 heavy (non-hydrogen) atoms. The van der Waals surface area contributed by atoms with Gasteiger partial charge in [0.15, 0.2) is 0 Å². The first kappa shape index (κ1) is 11.4. The summed E-state index contributed by atoms with van der Waals surface area (Å²) in [5, 5.41) is 0. The van der Waals surface area contributed by atoms with Crippen molar-refractivity contribution in [3.8, 4) is 0 Å². The van der Waals surface area contributed by atoms with Crippen molar-refractivity contribution in [3.05, 3.63) is 23.9 Å². The average molecular weight is 221 g/mol. The van der Waals surface area contributed by atoms with Crippen molar-refractivity contribution < 1.29 is 4.74 Å². The van der Waals surface area contributed by atoms with Gasteiger partial charge in [-0.05, 0) is 38.1 Å². The van der Waals surface area contributed by atoms with Gasteiger partial charge in [-0.25, -0.2) is 4.98 Å². The second-order valence-corrected chi connectivity index (χ2v) is 4.16. The van der Waals surface area contributed by atoms with E-state index >= 15 is 0 Å². The highest BCUT2D eigenvalue weighted by Crippen LogP contribution is 2.07. The minimum atomic E-state index is 0.554. The number of rotatable bonds is 5. The summed E-state index contributed by atoms with van der Waals surface area (Å²) in [7, 11) is 0. The van der Waals surface area contributed by atoms with Crippen LogP contribution in [0.5, 0.6) is 0 Å². The van der Waals surface area contributed by atoms with Crippen molar-refractivity contribution >= 4 is 5.82 Å². The predicted molar refractivity (Wildman–Crippen MR) is 64.0 cm³/mol. The molecule has 0 aliphatic carbocycles. The minimum absolute atomic E-state index is 0.554. The fraction of sp³-hybridized carbons (Fsp3) is 0.583. The lowest BCUT2D eigenvalue weighted by molar-refractivity contribution is 0.0972. The van der Waals surface area contributed by atoms with Gasteiger partial charge in [-0.3, -0.25) is 0 Å². The highest BCUT2D eigenvalue weighted by molar-refractivity contribution is 5.28. The number of nitrogen functional groups attached to an aromatic ring is 1. The van der Waals surface area contributed by atoms with Crippen LogP contribution in [0.1, 0.15) is 18.5 Å². The lowest BCUT2D eigenvalue weighted by atomic mass is 10.3. The molecule has 0 atom stereocenters. The molecule has 2 N–H and O–H groups in total. The Morgan fingerprint density at radius 1 is 1.31 bits per heavy atom. The summed E-state index contributed by atoms with van der Waals surface area (Å²) in [6.07, 6.45) is 2.66. The summed E-state index contributed by atoms with van der Waals surface area (Å²) in [4.78, 5) is 6.62. The van der Waals surface area contributed by atoms with E-state index in [2.05, 4.69) is 9.88 Å². The van der Waals surface area contributed by atoms with E-state index in [1.807, 2.05) is 12.1 Å². The predicted octanol–water partition coefficient (Wildman–Crippen LogP) is 1.28. The van der Waals surface area contributed by atoms with E-state index in [-0.39, 0.29) is 0 Å². The molecule has 0 amide bonds. The van der Waals surface area contributed by atoms with E-state index in [4.69, 9.17) is 10.5 Å². The first-order valence-corrected chi connectivity index (χ1v) is 5.86. The third kappa shape index (κ3) is 3.47. The molecule has 0 bridgehead atoms. The van der Waals surface area contributed by atoms with Gasteiger partial charge in [0.25, 0.3) is 0 Å². The molecule has 0 aromatic carbocycles. The van der Waals surface area contributed by atoms with Crippen LogP contribution in [0.4, 0.5) is 5.82 Å². The maximum absolute atomic E-state index is 5.59. The van der Waals surface area contributed by atoms with Crippen LogP contribution in [0.25, 0.3) is 0 Å². The number of pyridine rings is 1. The summed E-state index contributed by atoms with van der Waals surface area (Å²) in [6.45, 7) is 4.80. The Hall–Kier alpha value is -1.13. The van der Waals surface area contributed by atoms with Gasteiger partial charge >= 0.3 is 0 Å². The lowest BCUT2D eigenvalue weighted by Gasteiger charge is -2.14. The third-order valence-electron chi connectivity index (χ3n) is 2.83. The van der Waals surface area contributed by atoms with Crippen LogP contribution in [0, 0.1) is 0 Å². The number of likely N-dealkylation sites (tertiary alicyclic amines) is 1. The zero-order chi connectivity index (χ0) is 11.2. The number of nitrogens with zero attached hydrogens (tertiary/aromatic N) is 2. The first-order valence-electron chi connectivity index (χ1n) is 5.86. The summed E-state index contributed by atoms with van der Waals surface area (Å²) in [6, 6.07) is 5.63. The topological polar surface area (TPSA) is 51.4 Å². The fourth-order valence-electron chi connectivity index (χ4n) is 1.96. The van der Waals surface area contributed by atoms with Crippen molar-refractivity contribution in [2.24, 2.45) is 0 Å². The molecular formula is C12H19N3O. The van der Waals surface area contributed by atoms with Crippen LogP contribution < -0.4 is 5.73 Å². The van der Waals surface area contributed by atoms with Crippen molar-refractivity contribution in [2.45, 2.75) is 19.4 Å². The van der Waals surface area contributed by atoms with Crippen LogP contribution >= 0.6 is 0 Å². The minimum Gasteiger partial charge on any atom is -0.384 e. The Labute approximate surface area is 96.4 Å². The zero-order valence-corrected chi connectivity index (χ0v) is 9.56. The molecule has 1 aromatic rings. The van der Waals surface area contributed by atoms with Gasteiger partial charge in [-0.2, -0.15) is 0 Å². The maximum Gasteiger partial charge on any atom is 0.123 e. The normalized spacial score (nSPS) is 16.8. The van der Waals surface area contributed by atoms with Gasteiger partial charge in [0.05, 0.1) is 18.9 Å². The molecule has 1 aliphatic heterocycles. The van der Waals surface area contributed by atoms with Crippen molar-refractivity contribution in [1.29, 1.82) is 0 Å². The molecule has 0 saturated carbocycles. The Balaban J connectivity index is 1.64. The molecule has 1 fully saturated rings. The van der Waals surface area contributed by atoms with Gasteiger partial charge in [0.1, 0.15) is 5.82 Å². The highest BCUT2D eigenvalue weighted by Gasteiger charge is 2.10. The standard InChI is InChI=1S/C12H19N3O/c13-12-5-3-4-11(14-12)10-16-9-8-15-6-1-2-7-15/h3-5H,1-2,6-10H2,(H2,13,14). The smallest absolute Gasteiger partial charge is 0.123 e. The molecule has 2 rings (SSSR count). The van der Waals surface area contributed by atoms with Crippen LogP contribution in [-0.2, 0) is 11.3 Å². The Morgan fingerprint density at radius 3 is 2.88 bits per heavy atom. The Kier molecular flexibility index (Phi) is 4.13.